The highest BCUT2D eigenvalue weighted by Crippen LogP contribution is 2.33. The fourth-order valence-corrected chi connectivity index (χ4v) is 2.84. The van der Waals surface area contributed by atoms with Gasteiger partial charge in [0.1, 0.15) is 0 Å². The third-order valence-corrected chi connectivity index (χ3v) is 3.76. The number of carboxylic acid groups (broad SMARTS) is 1. The largest absolute Gasteiger partial charge is 0.550 e. The van der Waals surface area contributed by atoms with Gasteiger partial charge in [0, 0.05) is 18.1 Å². The zero-order valence-corrected chi connectivity index (χ0v) is 12.5. The van der Waals surface area contributed by atoms with E-state index in [1.165, 1.54) is 4.90 Å². The predicted octanol–water partition coefficient (Wildman–Crippen LogP) is 1.03. The SMILES string of the molecule is CC(C)=N/N=C1\S[C@H](CC(=O)[O-])C(=O)N1c1ccccc1. The number of carbonyl (C=O) groups excluding carboxylic acids is 2. The van der Waals surface area contributed by atoms with Crippen molar-refractivity contribution < 1.29 is 14.7 Å². The summed E-state index contributed by atoms with van der Waals surface area (Å²) in [5, 5.41) is 18.4. The smallest absolute Gasteiger partial charge is 0.247 e. The molecule has 1 aromatic rings. The lowest BCUT2D eigenvalue weighted by atomic mass is 10.2. The highest BCUT2D eigenvalue weighted by Gasteiger charge is 2.39. The van der Waals surface area contributed by atoms with Crippen LogP contribution in [0, 0.1) is 0 Å². The molecule has 0 N–H and O–H groups in total. The Morgan fingerprint density at radius 1 is 1.33 bits per heavy atom. The predicted molar refractivity (Wildman–Crippen MR) is 81.1 cm³/mol. The number of rotatable bonds is 4. The van der Waals surface area contributed by atoms with Crippen molar-refractivity contribution >= 4 is 40.2 Å². The number of thioether (sulfide) groups is 1. The van der Waals surface area contributed by atoms with Crippen LogP contribution in [0.25, 0.3) is 0 Å². The highest BCUT2D eigenvalue weighted by atomic mass is 32.2. The summed E-state index contributed by atoms with van der Waals surface area (Å²) >= 11 is 1.09. The summed E-state index contributed by atoms with van der Waals surface area (Å²) in [5.74, 6) is -1.58. The molecule has 6 nitrogen and oxygen atoms in total. The number of nitrogens with zero attached hydrogens (tertiary/aromatic N) is 3. The zero-order chi connectivity index (χ0) is 15.4. The molecule has 0 saturated carbocycles. The number of benzene rings is 1. The molecule has 0 aliphatic carbocycles. The number of para-hydroxylation sites is 1. The van der Waals surface area contributed by atoms with Crippen LogP contribution < -0.4 is 10.0 Å². The third kappa shape index (κ3) is 3.69. The number of hydrogen-bond donors (Lipinski definition) is 0. The van der Waals surface area contributed by atoms with E-state index >= 15 is 0 Å². The van der Waals surface area contributed by atoms with Crippen LogP contribution in [-0.2, 0) is 9.59 Å². The molecular weight excluding hydrogens is 290 g/mol. The number of carbonyl (C=O) groups is 2. The Hall–Kier alpha value is -2.15. The first-order valence-electron chi connectivity index (χ1n) is 6.33. The molecule has 1 aromatic carbocycles. The normalized spacial score (nSPS) is 19.9. The van der Waals surface area contributed by atoms with Gasteiger partial charge in [-0.3, -0.25) is 9.69 Å². The summed E-state index contributed by atoms with van der Waals surface area (Å²) in [5.41, 5.74) is 1.38. The van der Waals surface area contributed by atoms with Crippen LogP contribution in [0.15, 0.2) is 40.5 Å². The molecule has 110 valence electrons. The van der Waals surface area contributed by atoms with E-state index in [9.17, 15) is 14.7 Å². The van der Waals surface area contributed by atoms with Crippen LogP contribution in [0.5, 0.6) is 0 Å². The summed E-state index contributed by atoms with van der Waals surface area (Å²) in [7, 11) is 0. The van der Waals surface area contributed by atoms with Crippen molar-refractivity contribution in [1.82, 2.24) is 0 Å². The van der Waals surface area contributed by atoms with Gasteiger partial charge in [-0.25, -0.2) is 0 Å². The molecule has 1 aliphatic rings. The van der Waals surface area contributed by atoms with Crippen molar-refractivity contribution in [2.75, 3.05) is 4.90 Å². The van der Waals surface area contributed by atoms with Crippen molar-refractivity contribution in [3.63, 3.8) is 0 Å². The summed E-state index contributed by atoms with van der Waals surface area (Å²) in [6.07, 6.45) is -0.347. The summed E-state index contributed by atoms with van der Waals surface area (Å²) in [6.45, 7) is 3.58. The molecule has 0 spiro atoms. The minimum Gasteiger partial charge on any atom is -0.550 e. The van der Waals surface area contributed by atoms with Crippen molar-refractivity contribution in [3.8, 4) is 0 Å². The number of anilines is 1. The van der Waals surface area contributed by atoms with Gasteiger partial charge < -0.3 is 9.90 Å². The molecule has 1 heterocycles. The van der Waals surface area contributed by atoms with Gasteiger partial charge in [0.15, 0.2) is 5.17 Å². The number of hydrogen-bond acceptors (Lipinski definition) is 6. The van der Waals surface area contributed by atoms with E-state index in [2.05, 4.69) is 10.2 Å². The summed E-state index contributed by atoms with van der Waals surface area (Å²) in [4.78, 5) is 24.5. The van der Waals surface area contributed by atoms with Crippen molar-refractivity contribution in [3.05, 3.63) is 30.3 Å². The Balaban J connectivity index is 2.37. The molecule has 1 atom stereocenters. The van der Waals surface area contributed by atoms with Crippen LogP contribution in [0.4, 0.5) is 5.69 Å². The van der Waals surface area contributed by atoms with Gasteiger partial charge >= 0.3 is 0 Å². The van der Waals surface area contributed by atoms with Crippen LogP contribution >= 0.6 is 11.8 Å². The Labute approximate surface area is 126 Å². The number of amides is 1. The number of amidine groups is 1. The van der Waals surface area contributed by atoms with E-state index in [0.717, 1.165) is 17.5 Å². The van der Waals surface area contributed by atoms with Gasteiger partial charge in [0.25, 0.3) is 0 Å². The quantitative estimate of drug-likeness (QED) is 0.614. The van der Waals surface area contributed by atoms with E-state index in [-0.39, 0.29) is 12.3 Å². The maximum atomic E-state index is 12.4. The fourth-order valence-electron chi connectivity index (χ4n) is 1.77. The zero-order valence-electron chi connectivity index (χ0n) is 11.6. The first-order valence-corrected chi connectivity index (χ1v) is 7.21. The molecule has 1 fully saturated rings. The van der Waals surface area contributed by atoms with Crippen LogP contribution in [-0.4, -0.2) is 28.0 Å². The molecule has 0 unspecified atom stereocenters. The maximum absolute atomic E-state index is 12.4. The second-order valence-corrected chi connectivity index (χ2v) is 5.79. The van der Waals surface area contributed by atoms with Crippen LogP contribution in [0.2, 0.25) is 0 Å². The van der Waals surface area contributed by atoms with Gasteiger partial charge in [-0.05, 0) is 26.0 Å². The maximum Gasteiger partial charge on any atom is 0.247 e. The lowest BCUT2D eigenvalue weighted by molar-refractivity contribution is -0.305. The molecular formula is C14H14N3O3S-. The minimum atomic E-state index is -1.26. The first kappa shape index (κ1) is 15.2. The lowest BCUT2D eigenvalue weighted by Crippen LogP contribution is -2.35. The average molecular weight is 304 g/mol. The average Bonchev–Trinajstić information content (AvgIpc) is 2.73. The minimum absolute atomic E-state index is 0.321. The fraction of sp³-hybridized carbons (Fsp3) is 0.286. The Morgan fingerprint density at radius 2 is 2.00 bits per heavy atom. The van der Waals surface area contributed by atoms with Gasteiger partial charge in [-0.2, -0.15) is 5.10 Å². The second-order valence-electron chi connectivity index (χ2n) is 4.62. The number of aliphatic carboxylic acids is 1. The topological polar surface area (TPSA) is 85.2 Å². The Bertz CT molecular complexity index is 609. The van der Waals surface area contributed by atoms with Crippen LogP contribution in [0.3, 0.4) is 0 Å². The van der Waals surface area contributed by atoms with E-state index in [1.807, 2.05) is 6.07 Å². The van der Waals surface area contributed by atoms with E-state index < -0.39 is 11.2 Å². The van der Waals surface area contributed by atoms with Crippen molar-refractivity contribution in [2.45, 2.75) is 25.5 Å². The molecule has 0 aromatic heterocycles. The molecule has 1 saturated heterocycles. The highest BCUT2D eigenvalue weighted by molar-refractivity contribution is 8.16. The molecule has 1 amide bonds. The standard InChI is InChI=1S/C14H15N3O3S/c1-9(2)15-16-14-17(10-6-4-3-5-7-10)13(20)11(21-14)8-12(18)19/h3-7,11H,8H2,1-2H3,(H,18,19)/p-1/b16-14-/t11-/m1/s1. The van der Waals surface area contributed by atoms with Crippen molar-refractivity contribution in [2.24, 2.45) is 10.2 Å². The van der Waals surface area contributed by atoms with Crippen molar-refractivity contribution in [1.29, 1.82) is 0 Å². The van der Waals surface area contributed by atoms with E-state index in [4.69, 9.17) is 0 Å². The lowest BCUT2D eigenvalue weighted by Gasteiger charge is -2.15. The van der Waals surface area contributed by atoms with Gasteiger partial charge in [-0.1, -0.05) is 30.0 Å². The third-order valence-electron chi connectivity index (χ3n) is 2.64. The van der Waals surface area contributed by atoms with Gasteiger partial charge in [0.2, 0.25) is 5.91 Å². The summed E-state index contributed by atoms with van der Waals surface area (Å²) in [6, 6.07) is 8.95. The monoisotopic (exact) mass is 304 g/mol. The Morgan fingerprint density at radius 3 is 2.57 bits per heavy atom. The van der Waals surface area contributed by atoms with Gasteiger partial charge in [0.05, 0.1) is 10.9 Å². The second kappa shape index (κ2) is 6.53. The first-order chi connectivity index (χ1) is 9.99. The molecule has 0 bridgehead atoms. The summed E-state index contributed by atoms with van der Waals surface area (Å²) < 4.78 is 0. The molecule has 1 aliphatic heterocycles. The molecule has 2 rings (SSSR count). The van der Waals surface area contributed by atoms with Crippen LogP contribution in [0.1, 0.15) is 20.3 Å². The molecule has 7 heteroatoms. The molecule has 0 radical (unpaired) electrons. The number of carboxylic acids is 1. The molecule has 21 heavy (non-hydrogen) atoms. The van der Waals surface area contributed by atoms with Gasteiger partial charge in [-0.15, -0.1) is 5.10 Å². The van der Waals surface area contributed by atoms with E-state index in [1.54, 1.807) is 38.1 Å². The van der Waals surface area contributed by atoms with E-state index in [0.29, 0.717) is 10.9 Å². The Kier molecular flexibility index (Phi) is 4.74.